The molecule has 134 valence electrons. The minimum Gasteiger partial charge on any atom is -0.494 e. The van der Waals surface area contributed by atoms with Crippen molar-refractivity contribution in [1.82, 2.24) is 20.3 Å². The molecule has 0 fully saturated rings. The zero-order chi connectivity index (χ0) is 18.7. The van der Waals surface area contributed by atoms with Crippen molar-refractivity contribution in [2.75, 3.05) is 7.11 Å². The van der Waals surface area contributed by atoms with E-state index in [9.17, 15) is 4.79 Å². The van der Waals surface area contributed by atoms with Crippen LogP contribution in [0.5, 0.6) is 5.75 Å². The molecule has 0 aliphatic carbocycles. The Hall–Kier alpha value is -2.57. The van der Waals surface area contributed by atoms with Crippen LogP contribution in [0.15, 0.2) is 42.5 Å². The van der Waals surface area contributed by atoms with Crippen LogP contribution < -0.4 is 10.1 Å². The summed E-state index contributed by atoms with van der Waals surface area (Å²) in [6, 6.07) is 12.4. The van der Waals surface area contributed by atoms with Gasteiger partial charge in [0.25, 0.3) is 5.91 Å². The molecule has 8 heteroatoms. The average molecular weight is 391 g/mol. The maximum Gasteiger partial charge on any atom is 0.274 e. The van der Waals surface area contributed by atoms with Crippen molar-refractivity contribution in [3.05, 3.63) is 69.5 Å². The molecule has 3 aromatic rings. The molecule has 1 heterocycles. The number of hydrogen-bond acceptors (Lipinski definition) is 4. The van der Waals surface area contributed by atoms with Gasteiger partial charge >= 0.3 is 0 Å². The summed E-state index contributed by atoms with van der Waals surface area (Å²) in [6.07, 6.45) is 0. The third-order valence-electron chi connectivity index (χ3n) is 3.82. The number of methoxy groups -OCH3 is 1. The molecule has 1 amide bonds. The fourth-order valence-corrected chi connectivity index (χ4v) is 2.89. The number of halogens is 2. The van der Waals surface area contributed by atoms with Gasteiger partial charge < -0.3 is 10.1 Å². The smallest absolute Gasteiger partial charge is 0.274 e. The predicted octanol–water partition coefficient (Wildman–Crippen LogP) is 3.82. The van der Waals surface area contributed by atoms with Crippen LogP contribution in [0.1, 0.15) is 21.7 Å². The number of rotatable bonds is 5. The lowest BCUT2D eigenvalue weighted by Gasteiger charge is -2.10. The highest BCUT2D eigenvalue weighted by Crippen LogP contribution is 2.27. The van der Waals surface area contributed by atoms with E-state index in [2.05, 4.69) is 15.6 Å². The summed E-state index contributed by atoms with van der Waals surface area (Å²) in [7, 11) is 1.55. The Morgan fingerprint density at radius 1 is 1.19 bits per heavy atom. The Morgan fingerprint density at radius 3 is 2.69 bits per heavy atom. The van der Waals surface area contributed by atoms with Gasteiger partial charge in [0, 0.05) is 16.6 Å². The monoisotopic (exact) mass is 390 g/mol. The quantitative estimate of drug-likeness (QED) is 0.718. The van der Waals surface area contributed by atoms with Crippen molar-refractivity contribution in [3.8, 4) is 11.4 Å². The molecule has 0 atom stereocenters. The Bertz CT molecular complexity index is 956. The minimum absolute atomic E-state index is 0.231. The Balaban J connectivity index is 1.82. The van der Waals surface area contributed by atoms with Crippen LogP contribution in [0, 0.1) is 6.92 Å². The first-order valence-corrected chi connectivity index (χ1v) is 8.54. The molecule has 0 radical (unpaired) electrons. The van der Waals surface area contributed by atoms with Crippen molar-refractivity contribution in [2.45, 2.75) is 13.5 Å². The molecule has 6 nitrogen and oxygen atoms in total. The molecule has 0 aliphatic heterocycles. The molecule has 0 saturated carbocycles. The maximum absolute atomic E-state index is 12.5. The second-order valence-corrected chi connectivity index (χ2v) is 6.44. The fraction of sp³-hybridized carbons (Fsp3) is 0.167. The normalized spacial score (nSPS) is 10.6. The van der Waals surface area contributed by atoms with Crippen molar-refractivity contribution >= 4 is 29.1 Å². The molecule has 1 aromatic heterocycles. The Morgan fingerprint density at radius 2 is 1.96 bits per heavy atom. The first kappa shape index (κ1) is 18.2. The highest BCUT2D eigenvalue weighted by Gasteiger charge is 2.19. The average Bonchev–Trinajstić information content (AvgIpc) is 3.01. The van der Waals surface area contributed by atoms with E-state index in [1.807, 2.05) is 12.1 Å². The predicted molar refractivity (Wildman–Crippen MR) is 100 cm³/mol. The summed E-state index contributed by atoms with van der Waals surface area (Å²) in [5, 5.41) is 12.0. The summed E-state index contributed by atoms with van der Waals surface area (Å²) in [5.41, 5.74) is 2.31. The lowest BCUT2D eigenvalue weighted by Crippen LogP contribution is -2.24. The van der Waals surface area contributed by atoms with Crippen molar-refractivity contribution in [1.29, 1.82) is 0 Å². The summed E-state index contributed by atoms with van der Waals surface area (Å²) in [4.78, 5) is 12.5. The number of aromatic nitrogens is 3. The number of carbonyl (C=O) groups is 1. The maximum atomic E-state index is 12.5. The van der Waals surface area contributed by atoms with Gasteiger partial charge in [-0.15, -0.1) is 5.10 Å². The number of benzene rings is 2. The highest BCUT2D eigenvalue weighted by molar-refractivity contribution is 6.31. The molecule has 2 aromatic carbocycles. The van der Waals surface area contributed by atoms with Gasteiger partial charge in [-0.2, -0.15) is 0 Å². The van der Waals surface area contributed by atoms with Crippen LogP contribution in [0.2, 0.25) is 10.0 Å². The lowest BCUT2D eigenvalue weighted by atomic mass is 10.2. The van der Waals surface area contributed by atoms with Gasteiger partial charge in [0.15, 0.2) is 5.69 Å². The van der Waals surface area contributed by atoms with E-state index in [1.54, 1.807) is 44.4 Å². The van der Waals surface area contributed by atoms with Gasteiger partial charge in [0.2, 0.25) is 0 Å². The molecule has 1 N–H and O–H groups in total. The second kappa shape index (κ2) is 7.76. The largest absolute Gasteiger partial charge is 0.494 e. The summed E-state index contributed by atoms with van der Waals surface area (Å²) in [5.74, 6) is 0.253. The van der Waals surface area contributed by atoms with Gasteiger partial charge in [-0.05, 0) is 42.8 Å². The molecule has 0 bridgehead atoms. The van der Waals surface area contributed by atoms with Crippen LogP contribution in [0.4, 0.5) is 0 Å². The number of nitrogens with one attached hydrogen (secondary N) is 1. The molecular formula is C18H16Cl2N4O2. The van der Waals surface area contributed by atoms with E-state index in [4.69, 9.17) is 27.9 Å². The summed E-state index contributed by atoms with van der Waals surface area (Å²) >= 11 is 12.0. The van der Waals surface area contributed by atoms with Gasteiger partial charge in [0.05, 0.1) is 12.8 Å². The zero-order valence-electron chi connectivity index (χ0n) is 14.2. The van der Waals surface area contributed by atoms with Crippen LogP contribution in [-0.2, 0) is 6.54 Å². The molecule has 0 aliphatic rings. The van der Waals surface area contributed by atoms with Gasteiger partial charge in [0.1, 0.15) is 11.4 Å². The highest BCUT2D eigenvalue weighted by atomic mass is 35.5. The lowest BCUT2D eigenvalue weighted by molar-refractivity contribution is 0.0945. The van der Waals surface area contributed by atoms with E-state index < -0.39 is 0 Å². The van der Waals surface area contributed by atoms with Crippen molar-refractivity contribution in [3.63, 3.8) is 0 Å². The summed E-state index contributed by atoms with van der Waals surface area (Å²) in [6.45, 7) is 2.10. The van der Waals surface area contributed by atoms with E-state index in [1.165, 1.54) is 4.68 Å². The zero-order valence-corrected chi connectivity index (χ0v) is 15.7. The first-order chi connectivity index (χ1) is 12.5. The number of nitrogens with zero attached hydrogens (tertiary/aromatic N) is 3. The molecule has 0 spiro atoms. The molecular weight excluding hydrogens is 375 g/mol. The van der Waals surface area contributed by atoms with E-state index in [0.29, 0.717) is 33.7 Å². The number of hydrogen-bond donors (Lipinski definition) is 1. The SMILES string of the molecule is COc1ccc(Cl)cc1-n1nnc(C(=O)NCc2cccc(Cl)c2)c1C. The fourth-order valence-electron chi connectivity index (χ4n) is 2.51. The first-order valence-electron chi connectivity index (χ1n) is 7.78. The molecule has 3 rings (SSSR count). The molecule has 0 unspecified atom stereocenters. The molecule has 26 heavy (non-hydrogen) atoms. The van der Waals surface area contributed by atoms with E-state index in [0.717, 1.165) is 5.56 Å². The van der Waals surface area contributed by atoms with Crippen LogP contribution >= 0.6 is 23.2 Å². The van der Waals surface area contributed by atoms with Crippen LogP contribution in [-0.4, -0.2) is 28.0 Å². The Kier molecular flexibility index (Phi) is 5.44. The minimum atomic E-state index is -0.324. The van der Waals surface area contributed by atoms with Crippen LogP contribution in [0.3, 0.4) is 0 Å². The topological polar surface area (TPSA) is 69.0 Å². The van der Waals surface area contributed by atoms with Gasteiger partial charge in [-0.1, -0.05) is 40.5 Å². The number of amides is 1. The number of carbonyl (C=O) groups excluding carboxylic acids is 1. The van der Waals surface area contributed by atoms with E-state index >= 15 is 0 Å². The number of ether oxygens (including phenoxy) is 1. The van der Waals surface area contributed by atoms with Gasteiger partial charge in [-0.3, -0.25) is 4.79 Å². The molecule has 0 saturated heterocycles. The van der Waals surface area contributed by atoms with Crippen molar-refractivity contribution in [2.24, 2.45) is 0 Å². The van der Waals surface area contributed by atoms with Gasteiger partial charge in [-0.25, -0.2) is 4.68 Å². The second-order valence-electron chi connectivity index (χ2n) is 5.56. The third-order valence-corrected chi connectivity index (χ3v) is 4.29. The Labute approximate surface area is 160 Å². The standard InChI is InChI=1S/C18H16Cl2N4O2/c1-11-17(18(25)21-10-12-4-3-5-13(19)8-12)22-23-24(11)15-9-14(20)6-7-16(15)26-2/h3-9H,10H2,1-2H3,(H,21,25). The van der Waals surface area contributed by atoms with E-state index in [-0.39, 0.29) is 11.6 Å². The van der Waals surface area contributed by atoms with Crippen molar-refractivity contribution < 1.29 is 9.53 Å². The summed E-state index contributed by atoms with van der Waals surface area (Å²) < 4.78 is 6.86. The van der Waals surface area contributed by atoms with Crippen LogP contribution in [0.25, 0.3) is 5.69 Å². The third kappa shape index (κ3) is 3.81.